The topological polar surface area (TPSA) is 103 Å². The van der Waals surface area contributed by atoms with E-state index in [0.29, 0.717) is 11.3 Å². The molecule has 1 N–H and O–H groups in total. The Bertz CT molecular complexity index is 1010. The maximum Gasteiger partial charge on any atom is 0.266 e. The number of benzene rings is 1. The predicted octanol–water partition coefficient (Wildman–Crippen LogP) is 1.12. The number of carboxylic acid groups (broad SMARTS) is 1. The van der Waals surface area contributed by atoms with Crippen molar-refractivity contribution in [2.45, 2.75) is 0 Å². The molecule has 0 saturated carbocycles. The minimum atomic E-state index is -1.30. The first kappa shape index (κ1) is 18.3. The van der Waals surface area contributed by atoms with E-state index in [2.05, 4.69) is 11.9 Å². The predicted molar refractivity (Wildman–Crippen MR) is 99.1 cm³/mol. The molecule has 1 aromatic heterocycles. The molecule has 1 aromatic carbocycles. The maximum absolute atomic E-state index is 12.5. The lowest BCUT2D eigenvalue weighted by molar-refractivity contribution is -0.255. The van der Waals surface area contributed by atoms with E-state index in [1.165, 1.54) is 29.2 Å². The number of aromatic carboxylic acids is 1. The van der Waals surface area contributed by atoms with Crippen LogP contribution in [0.25, 0.3) is 17.4 Å². The molecule has 0 unspecified atom stereocenters. The van der Waals surface area contributed by atoms with E-state index in [9.17, 15) is 19.5 Å². The van der Waals surface area contributed by atoms with Crippen LogP contribution in [0.5, 0.6) is 0 Å². The van der Waals surface area contributed by atoms with E-state index in [0.717, 1.165) is 0 Å². The van der Waals surface area contributed by atoms with Gasteiger partial charge in [0, 0.05) is 12.1 Å². The molecule has 1 aliphatic rings. The minimum absolute atomic E-state index is 0.0132. The molecule has 136 valence electrons. The number of carbonyl (C=O) groups is 3. The van der Waals surface area contributed by atoms with Crippen LogP contribution in [-0.2, 0) is 9.59 Å². The van der Waals surface area contributed by atoms with Gasteiger partial charge in [-0.15, -0.1) is 6.58 Å². The van der Waals surface area contributed by atoms with Gasteiger partial charge in [-0.2, -0.15) is 0 Å². The highest BCUT2D eigenvalue weighted by molar-refractivity contribution is 7.80. The Labute approximate surface area is 159 Å². The van der Waals surface area contributed by atoms with Crippen LogP contribution in [0, 0.1) is 0 Å². The molecule has 8 heteroatoms. The molecule has 0 radical (unpaired) electrons. The Hall–Kier alpha value is -3.52. The lowest BCUT2D eigenvalue weighted by Crippen LogP contribution is -2.53. The lowest BCUT2D eigenvalue weighted by atomic mass is 10.1. The SMILES string of the molecule is C=CCN1C(=O)/C(=C/c2ccc(-c3cccc(C(=O)[O-])c3)o2)C(=O)NC1=S. The zero-order valence-corrected chi connectivity index (χ0v) is 14.7. The van der Waals surface area contributed by atoms with Gasteiger partial charge in [0.05, 0.1) is 5.97 Å². The molecule has 1 saturated heterocycles. The van der Waals surface area contributed by atoms with Crippen LogP contribution >= 0.6 is 12.2 Å². The molecule has 0 bridgehead atoms. The third-order valence-corrected chi connectivity index (χ3v) is 4.12. The van der Waals surface area contributed by atoms with Crippen molar-refractivity contribution in [1.82, 2.24) is 10.2 Å². The zero-order chi connectivity index (χ0) is 19.6. The van der Waals surface area contributed by atoms with Crippen molar-refractivity contribution in [3.05, 3.63) is 65.9 Å². The number of hydrogen-bond acceptors (Lipinski definition) is 6. The molecule has 0 atom stereocenters. The molecule has 27 heavy (non-hydrogen) atoms. The fraction of sp³-hybridized carbons (Fsp3) is 0.0526. The maximum atomic E-state index is 12.5. The molecule has 2 heterocycles. The van der Waals surface area contributed by atoms with Gasteiger partial charge in [0.2, 0.25) is 0 Å². The summed E-state index contributed by atoms with van der Waals surface area (Å²) in [6.45, 7) is 3.72. The first-order chi connectivity index (χ1) is 12.9. The highest BCUT2D eigenvalue weighted by Crippen LogP contribution is 2.25. The second-order valence-electron chi connectivity index (χ2n) is 5.59. The Morgan fingerprint density at radius 1 is 1.30 bits per heavy atom. The van der Waals surface area contributed by atoms with Crippen molar-refractivity contribution < 1.29 is 23.9 Å². The largest absolute Gasteiger partial charge is 0.545 e. The van der Waals surface area contributed by atoms with Crippen LogP contribution in [0.15, 0.2) is 59.0 Å². The summed E-state index contributed by atoms with van der Waals surface area (Å²) in [5, 5.41) is 13.4. The number of carbonyl (C=O) groups excluding carboxylic acids is 3. The van der Waals surface area contributed by atoms with Crippen LogP contribution in [-0.4, -0.2) is 34.3 Å². The van der Waals surface area contributed by atoms with Gasteiger partial charge >= 0.3 is 0 Å². The average molecular weight is 381 g/mol. The van der Waals surface area contributed by atoms with Gasteiger partial charge in [-0.3, -0.25) is 19.8 Å². The van der Waals surface area contributed by atoms with Crippen molar-refractivity contribution in [3.63, 3.8) is 0 Å². The highest BCUT2D eigenvalue weighted by Gasteiger charge is 2.32. The van der Waals surface area contributed by atoms with E-state index < -0.39 is 17.8 Å². The smallest absolute Gasteiger partial charge is 0.266 e. The zero-order valence-electron chi connectivity index (χ0n) is 13.9. The first-order valence-corrected chi connectivity index (χ1v) is 8.23. The fourth-order valence-corrected chi connectivity index (χ4v) is 2.77. The van der Waals surface area contributed by atoms with Crippen LogP contribution < -0.4 is 10.4 Å². The quantitative estimate of drug-likeness (QED) is 0.360. The van der Waals surface area contributed by atoms with Gasteiger partial charge < -0.3 is 14.3 Å². The Kier molecular flexibility index (Phi) is 5.00. The van der Waals surface area contributed by atoms with Crippen molar-refractivity contribution in [2.75, 3.05) is 6.54 Å². The number of carboxylic acids is 1. The number of rotatable bonds is 5. The van der Waals surface area contributed by atoms with E-state index in [1.54, 1.807) is 24.3 Å². The number of thiocarbonyl (C=S) groups is 1. The van der Waals surface area contributed by atoms with E-state index >= 15 is 0 Å². The molecule has 1 aliphatic heterocycles. The van der Waals surface area contributed by atoms with Crippen molar-refractivity contribution in [1.29, 1.82) is 0 Å². The van der Waals surface area contributed by atoms with Crippen LogP contribution in [0.2, 0.25) is 0 Å². The molecular weight excluding hydrogens is 368 g/mol. The summed E-state index contributed by atoms with van der Waals surface area (Å²) >= 11 is 4.99. The summed E-state index contributed by atoms with van der Waals surface area (Å²) in [6.07, 6.45) is 2.80. The molecule has 1 fully saturated rings. The second-order valence-corrected chi connectivity index (χ2v) is 5.98. The van der Waals surface area contributed by atoms with Crippen molar-refractivity contribution >= 4 is 41.2 Å². The summed E-state index contributed by atoms with van der Waals surface area (Å²) < 4.78 is 5.63. The summed E-state index contributed by atoms with van der Waals surface area (Å²) in [6, 6.07) is 9.23. The molecular formula is C19H13N2O5S-. The molecule has 2 amide bonds. The number of amides is 2. The molecule has 2 aromatic rings. The molecule has 3 rings (SSSR count). The summed E-state index contributed by atoms with van der Waals surface area (Å²) in [7, 11) is 0. The number of furan rings is 1. The van der Waals surface area contributed by atoms with E-state index in [-0.39, 0.29) is 28.6 Å². The van der Waals surface area contributed by atoms with Gasteiger partial charge in [-0.25, -0.2) is 0 Å². The van der Waals surface area contributed by atoms with Crippen molar-refractivity contribution in [3.8, 4) is 11.3 Å². The Balaban J connectivity index is 1.92. The Morgan fingerprint density at radius 2 is 2.07 bits per heavy atom. The molecule has 0 aliphatic carbocycles. The van der Waals surface area contributed by atoms with Gasteiger partial charge in [-0.1, -0.05) is 24.3 Å². The number of nitrogens with zero attached hydrogens (tertiary/aromatic N) is 1. The normalized spacial score (nSPS) is 15.8. The molecule has 0 spiro atoms. The van der Waals surface area contributed by atoms with Gasteiger partial charge in [-0.05, 0) is 42.1 Å². The highest BCUT2D eigenvalue weighted by atomic mass is 32.1. The standard InChI is InChI=1S/C19H14N2O5S/c1-2-8-21-17(23)14(16(22)20-19(21)27)10-13-6-7-15(26-13)11-4-3-5-12(9-11)18(24)25/h2-7,9-10H,1,8H2,(H,24,25)(H,20,22,27)/p-1/b14-10+. The Morgan fingerprint density at radius 3 is 2.78 bits per heavy atom. The van der Waals surface area contributed by atoms with Crippen LogP contribution in [0.3, 0.4) is 0 Å². The van der Waals surface area contributed by atoms with E-state index in [1.807, 2.05) is 0 Å². The third-order valence-electron chi connectivity index (χ3n) is 3.79. The fourth-order valence-electron chi connectivity index (χ4n) is 2.52. The average Bonchev–Trinajstić information content (AvgIpc) is 3.11. The van der Waals surface area contributed by atoms with Gasteiger partial charge in [0.25, 0.3) is 11.8 Å². The molecule has 7 nitrogen and oxygen atoms in total. The van der Waals surface area contributed by atoms with E-state index in [4.69, 9.17) is 16.6 Å². The summed E-state index contributed by atoms with van der Waals surface area (Å²) in [4.78, 5) is 36.8. The number of hydrogen-bond donors (Lipinski definition) is 1. The lowest BCUT2D eigenvalue weighted by Gasteiger charge is -2.27. The first-order valence-electron chi connectivity index (χ1n) is 7.82. The van der Waals surface area contributed by atoms with Gasteiger partial charge in [0.1, 0.15) is 17.1 Å². The van der Waals surface area contributed by atoms with Gasteiger partial charge in [0.15, 0.2) is 5.11 Å². The number of nitrogens with one attached hydrogen (secondary N) is 1. The third kappa shape index (κ3) is 3.70. The monoisotopic (exact) mass is 381 g/mol. The van der Waals surface area contributed by atoms with Crippen LogP contribution in [0.1, 0.15) is 16.1 Å². The summed E-state index contributed by atoms with van der Waals surface area (Å²) in [5.41, 5.74) is 0.407. The minimum Gasteiger partial charge on any atom is -0.545 e. The second kappa shape index (κ2) is 7.38. The summed E-state index contributed by atoms with van der Waals surface area (Å²) in [5.74, 6) is -1.84. The van der Waals surface area contributed by atoms with Crippen molar-refractivity contribution in [2.24, 2.45) is 0 Å². The van der Waals surface area contributed by atoms with Crippen LogP contribution in [0.4, 0.5) is 0 Å².